The Kier molecular flexibility index (Phi) is 7.98. The van der Waals surface area contributed by atoms with Crippen LogP contribution < -0.4 is 10.1 Å². The van der Waals surface area contributed by atoms with E-state index in [2.05, 4.69) is 68.6 Å². The zero-order valence-corrected chi connectivity index (χ0v) is 25.2. The highest BCUT2D eigenvalue weighted by atomic mass is 32.1. The smallest absolute Gasteiger partial charge is 0.255 e. The van der Waals surface area contributed by atoms with Crippen molar-refractivity contribution < 1.29 is 13.9 Å². The lowest BCUT2D eigenvalue weighted by molar-refractivity contribution is 0.0947. The summed E-state index contributed by atoms with van der Waals surface area (Å²) in [5.41, 5.74) is 4.06. The Labute approximate surface area is 251 Å². The Bertz CT molecular complexity index is 1720. The van der Waals surface area contributed by atoms with Crippen LogP contribution in [0.3, 0.4) is 0 Å². The van der Waals surface area contributed by atoms with Crippen LogP contribution in [0.1, 0.15) is 64.9 Å². The fourth-order valence-corrected chi connectivity index (χ4v) is 6.99. The molecule has 1 aliphatic carbocycles. The van der Waals surface area contributed by atoms with Gasteiger partial charge in [-0.1, -0.05) is 75.4 Å². The molecule has 6 rings (SSSR count). The van der Waals surface area contributed by atoms with Gasteiger partial charge in [0, 0.05) is 16.7 Å². The van der Waals surface area contributed by atoms with E-state index in [0.29, 0.717) is 24.6 Å². The molecule has 5 aromatic rings. The minimum absolute atomic E-state index is 0.106. The minimum Gasteiger partial charge on any atom is -0.488 e. The summed E-state index contributed by atoms with van der Waals surface area (Å²) in [6.07, 6.45) is 6.38. The number of carbonyl (C=O) groups excluding carboxylic acids is 1. The van der Waals surface area contributed by atoms with Crippen LogP contribution in [0.5, 0.6) is 5.75 Å². The van der Waals surface area contributed by atoms with Gasteiger partial charge in [-0.15, -0.1) is 11.3 Å². The topological polar surface area (TPSA) is 63.8 Å². The highest BCUT2D eigenvalue weighted by Crippen LogP contribution is 2.45. The van der Waals surface area contributed by atoms with Crippen molar-refractivity contribution >= 4 is 39.2 Å². The molecular weight excluding hydrogens is 540 g/mol. The normalized spacial score (nSPS) is 15.2. The predicted octanol–water partition coefficient (Wildman–Crippen LogP) is 8.90. The number of amides is 1. The second kappa shape index (κ2) is 12.0. The number of fused-ring (bicyclic) bond motifs is 2. The fourth-order valence-electron chi connectivity index (χ4n) is 5.73. The van der Waals surface area contributed by atoms with Crippen LogP contribution in [-0.2, 0) is 26.0 Å². The number of hydrogen-bond donors (Lipinski definition) is 1. The minimum atomic E-state index is -0.106. The van der Waals surface area contributed by atoms with Gasteiger partial charge in [0.1, 0.15) is 23.1 Å². The van der Waals surface area contributed by atoms with E-state index >= 15 is 0 Å². The maximum absolute atomic E-state index is 13.6. The van der Waals surface area contributed by atoms with Crippen molar-refractivity contribution in [2.45, 2.75) is 53.2 Å². The number of carbonyl (C=O) groups is 1. The van der Waals surface area contributed by atoms with Crippen LogP contribution in [0.4, 0.5) is 5.00 Å². The number of hydrogen-bond acceptors (Lipinski definition) is 5. The molecule has 1 N–H and O–H groups in total. The fraction of sp³-hybridized carbons (Fsp3) is 0.278. The average Bonchev–Trinajstić information content (AvgIpc) is 3.65. The molecule has 2 heterocycles. The van der Waals surface area contributed by atoms with Crippen molar-refractivity contribution in [3.05, 3.63) is 118 Å². The molecule has 1 aliphatic rings. The number of furan rings is 1. The molecule has 42 heavy (non-hydrogen) atoms. The first-order valence-electron chi connectivity index (χ1n) is 14.5. The van der Waals surface area contributed by atoms with Gasteiger partial charge in [0.25, 0.3) is 5.91 Å². The number of aliphatic imine (C=N–C) groups is 1. The third kappa shape index (κ3) is 6.04. The molecule has 2 aromatic heterocycles. The molecule has 0 unspecified atom stereocenters. The van der Waals surface area contributed by atoms with Gasteiger partial charge in [-0.05, 0) is 76.8 Å². The molecule has 5 nitrogen and oxygen atoms in total. The van der Waals surface area contributed by atoms with Crippen molar-refractivity contribution in [1.29, 1.82) is 0 Å². The summed E-state index contributed by atoms with van der Waals surface area (Å²) in [6, 6.07) is 26.3. The molecule has 214 valence electrons. The summed E-state index contributed by atoms with van der Waals surface area (Å²) < 4.78 is 11.8. The summed E-state index contributed by atoms with van der Waals surface area (Å²) in [5.74, 6) is 1.95. The number of rotatable bonds is 8. The van der Waals surface area contributed by atoms with Crippen molar-refractivity contribution in [3.8, 4) is 5.75 Å². The lowest BCUT2D eigenvalue weighted by Gasteiger charge is -2.33. The molecule has 0 fully saturated rings. The Morgan fingerprint density at radius 1 is 1.05 bits per heavy atom. The average molecular weight is 577 g/mol. The summed E-state index contributed by atoms with van der Waals surface area (Å²) >= 11 is 1.65. The van der Waals surface area contributed by atoms with Crippen molar-refractivity contribution in [3.63, 3.8) is 0 Å². The van der Waals surface area contributed by atoms with Crippen LogP contribution >= 0.6 is 11.3 Å². The summed E-state index contributed by atoms with van der Waals surface area (Å²) in [6.45, 7) is 7.72. The molecule has 0 aliphatic heterocycles. The molecule has 0 bridgehead atoms. The largest absolute Gasteiger partial charge is 0.488 e. The first-order chi connectivity index (χ1) is 20.4. The van der Waals surface area contributed by atoms with Gasteiger partial charge in [0.15, 0.2) is 0 Å². The first kappa shape index (κ1) is 28.0. The lowest BCUT2D eigenvalue weighted by atomic mass is 9.72. The molecule has 6 heteroatoms. The second-order valence-corrected chi connectivity index (χ2v) is 13.1. The number of thiophene rings is 1. The number of benzene rings is 3. The van der Waals surface area contributed by atoms with Crippen LogP contribution in [0, 0.1) is 11.3 Å². The van der Waals surface area contributed by atoms with Gasteiger partial charge in [-0.3, -0.25) is 4.79 Å². The van der Waals surface area contributed by atoms with Gasteiger partial charge in [0.2, 0.25) is 0 Å². The molecule has 0 radical (unpaired) electrons. The van der Waals surface area contributed by atoms with Crippen molar-refractivity contribution in [1.82, 2.24) is 5.32 Å². The number of ether oxygens (including phenoxy) is 1. The molecule has 1 amide bonds. The van der Waals surface area contributed by atoms with Crippen LogP contribution in [0.25, 0.3) is 10.8 Å². The predicted molar refractivity (Wildman–Crippen MR) is 171 cm³/mol. The highest BCUT2D eigenvalue weighted by molar-refractivity contribution is 7.16. The van der Waals surface area contributed by atoms with E-state index in [1.54, 1.807) is 17.6 Å². The number of para-hydroxylation sites is 1. The SMILES string of the molecule is CC(C)(C)[C@H]1CCc2c(sc(N=Cc3ccccc3OCc3cccc4ccccc34)c2C(=O)NCc2ccco2)C1. The Morgan fingerprint density at radius 2 is 1.86 bits per heavy atom. The summed E-state index contributed by atoms with van der Waals surface area (Å²) in [5, 5.41) is 6.19. The second-order valence-electron chi connectivity index (χ2n) is 12.0. The third-order valence-corrected chi connectivity index (χ3v) is 9.37. The van der Waals surface area contributed by atoms with Crippen LogP contribution in [0.15, 0.2) is 94.5 Å². The van der Waals surface area contributed by atoms with Crippen molar-refractivity contribution in [2.75, 3.05) is 0 Å². The van der Waals surface area contributed by atoms with E-state index in [0.717, 1.165) is 52.5 Å². The quantitative estimate of drug-likeness (QED) is 0.188. The van der Waals surface area contributed by atoms with E-state index in [-0.39, 0.29) is 11.3 Å². The van der Waals surface area contributed by atoms with Crippen molar-refractivity contribution in [2.24, 2.45) is 16.3 Å². The molecule has 0 saturated carbocycles. The van der Waals surface area contributed by atoms with Gasteiger partial charge in [0.05, 0.1) is 18.4 Å². The third-order valence-electron chi connectivity index (χ3n) is 8.20. The standard InChI is InChI=1S/C36H36N2O3S/c1-36(2,3)27-17-18-30-32(20-27)42-35(33(30)34(39)37-22-28-14-9-19-40-28)38-21-25-11-5-7-16-31(25)41-23-26-13-8-12-24-10-4-6-15-29(24)26/h4-16,19,21,27H,17-18,20,22-23H2,1-3H3,(H,37,39)/t27-/m0/s1. The van der Waals surface area contributed by atoms with Gasteiger partial charge >= 0.3 is 0 Å². The molecule has 0 spiro atoms. The maximum Gasteiger partial charge on any atom is 0.255 e. The summed E-state index contributed by atoms with van der Waals surface area (Å²) in [7, 11) is 0. The van der Waals surface area contributed by atoms with E-state index in [9.17, 15) is 4.79 Å². The Morgan fingerprint density at radius 3 is 2.69 bits per heavy atom. The zero-order chi connectivity index (χ0) is 29.1. The van der Waals surface area contributed by atoms with Gasteiger partial charge in [-0.2, -0.15) is 0 Å². The molecule has 1 atom stereocenters. The van der Waals surface area contributed by atoms with E-state index in [4.69, 9.17) is 14.1 Å². The summed E-state index contributed by atoms with van der Waals surface area (Å²) in [4.78, 5) is 19.8. The molecule has 3 aromatic carbocycles. The molecule has 0 saturated heterocycles. The Balaban J connectivity index is 1.28. The Hall–Kier alpha value is -4.16. The number of nitrogens with one attached hydrogen (secondary N) is 1. The zero-order valence-electron chi connectivity index (χ0n) is 24.4. The highest BCUT2D eigenvalue weighted by Gasteiger charge is 2.33. The number of nitrogens with zero attached hydrogens (tertiary/aromatic N) is 1. The van der Waals surface area contributed by atoms with Crippen LogP contribution in [0.2, 0.25) is 0 Å². The van der Waals surface area contributed by atoms with E-state index < -0.39 is 0 Å². The van der Waals surface area contributed by atoms with Crippen LogP contribution in [-0.4, -0.2) is 12.1 Å². The van der Waals surface area contributed by atoms with Gasteiger partial charge < -0.3 is 14.5 Å². The van der Waals surface area contributed by atoms with E-state index in [1.807, 2.05) is 42.6 Å². The first-order valence-corrected chi connectivity index (χ1v) is 15.4. The van der Waals surface area contributed by atoms with E-state index in [1.165, 1.54) is 15.6 Å². The van der Waals surface area contributed by atoms with Gasteiger partial charge in [-0.25, -0.2) is 4.99 Å². The maximum atomic E-state index is 13.6. The monoisotopic (exact) mass is 576 g/mol. The lowest BCUT2D eigenvalue weighted by Crippen LogP contribution is -2.28. The molecular formula is C36H36N2O3S.